The van der Waals surface area contributed by atoms with Crippen molar-refractivity contribution < 1.29 is 4.74 Å². The minimum atomic E-state index is 0.368. The SMILES string of the molecule is COCC(C)N(CCCN)c1ccccc1C. The number of hydrogen-bond donors (Lipinski definition) is 1. The number of rotatable bonds is 7. The maximum Gasteiger partial charge on any atom is 0.0663 e. The normalized spacial score (nSPS) is 12.5. The summed E-state index contributed by atoms with van der Waals surface area (Å²) >= 11 is 0. The van der Waals surface area contributed by atoms with Gasteiger partial charge in [-0.3, -0.25) is 0 Å². The third-order valence-corrected chi connectivity index (χ3v) is 2.97. The number of anilines is 1. The van der Waals surface area contributed by atoms with E-state index in [1.54, 1.807) is 7.11 Å². The van der Waals surface area contributed by atoms with Crippen molar-refractivity contribution in [1.29, 1.82) is 0 Å². The molecule has 0 heterocycles. The molecule has 1 aromatic carbocycles. The molecule has 0 aliphatic rings. The van der Waals surface area contributed by atoms with E-state index in [1.807, 2.05) is 0 Å². The van der Waals surface area contributed by atoms with Crippen LogP contribution in [-0.2, 0) is 4.74 Å². The fourth-order valence-electron chi connectivity index (χ4n) is 2.06. The van der Waals surface area contributed by atoms with Crippen LogP contribution in [0.25, 0.3) is 0 Å². The highest BCUT2D eigenvalue weighted by atomic mass is 16.5. The van der Waals surface area contributed by atoms with E-state index >= 15 is 0 Å². The van der Waals surface area contributed by atoms with Gasteiger partial charge in [0.25, 0.3) is 0 Å². The highest BCUT2D eigenvalue weighted by Gasteiger charge is 2.15. The maximum atomic E-state index is 5.61. The molecule has 96 valence electrons. The van der Waals surface area contributed by atoms with Crippen molar-refractivity contribution in [3.63, 3.8) is 0 Å². The lowest BCUT2D eigenvalue weighted by molar-refractivity contribution is 0.181. The van der Waals surface area contributed by atoms with Crippen LogP contribution in [-0.4, -0.2) is 32.8 Å². The lowest BCUT2D eigenvalue weighted by atomic mass is 10.1. The summed E-state index contributed by atoms with van der Waals surface area (Å²) in [6.45, 7) is 6.77. The summed E-state index contributed by atoms with van der Waals surface area (Å²) in [6, 6.07) is 8.83. The summed E-state index contributed by atoms with van der Waals surface area (Å²) in [7, 11) is 1.75. The molecule has 0 aliphatic heterocycles. The standard InChI is InChI=1S/C14H24N2O/c1-12-7-4-5-8-14(12)16(10-6-9-15)13(2)11-17-3/h4-5,7-8,13H,6,9-11,15H2,1-3H3. The van der Waals surface area contributed by atoms with Crippen LogP contribution in [0, 0.1) is 6.92 Å². The van der Waals surface area contributed by atoms with Gasteiger partial charge in [0, 0.05) is 25.4 Å². The molecule has 0 bridgehead atoms. The molecule has 3 heteroatoms. The Morgan fingerprint density at radius 1 is 1.35 bits per heavy atom. The van der Waals surface area contributed by atoms with Crippen LogP contribution >= 0.6 is 0 Å². The minimum Gasteiger partial charge on any atom is -0.383 e. The maximum absolute atomic E-state index is 5.61. The first-order valence-electron chi connectivity index (χ1n) is 6.22. The first kappa shape index (κ1) is 14.0. The van der Waals surface area contributed by atoms with Crippen LogP contribution in [0.3, 0.4) is 0 Å². The Kier molecular flexibility index (Phi) is 6.01. The van der Waals surface area contributed by atoms with Crippen LogP contribution in [0.1, 0.15) is 18.9 Å². The molecule has 1 unspecified atom stereocenters. The molecule has 1 aromatic rings. The predicted octanol–water partition coefficient (Wildman–Crippen LogP) is 2.19. The molecule has 0 aromatic heterocycles. The van der Waals surface area contributed by atoms with E-state index < -0.39 is 0 Å². The van der Waals surface area contributed by atoms with Crippen molar-refractivity contribution >= 4 is 5.69 Å². The molecule has 1 atom stereocenters. The van der Waals surface area contributed by atoms with Crippen LogP contribution < -0.4 is 10.6 Å². The minimum absolute atomic E-state index is 0.368. The number of aryl methyl sites for hydroxylation is 1. The second-order valence-corrected chi connectivity index (χ2v) is 4.43. The Bertz CT molecular complexity index is 328. The predicted molar refractivity (Wildman–Crippen MR) is 73.5 cm³/mol. The highest BCUT2D eigenvalue weighted by molar-refractivity contribution is 5.53. The Balaban J connectivity index is 2.85. The molecule has 0 fully saturated rings. The van der Waals surface area contributed by atoms with Gasteiger partial charge in [-0.1, -0.05) is 18.2 Å². The van der Waals surface area contributed by atoms with Crippen molar-refractivity contribution in [2.24, 2.45) is 5.73 Å². The van der Waals surface area contributed by atoms with Crippen LogP contribution in [0.2, 0.25) is 0 Å². The van der Waals surface area contributed by atoms with Crippen LogP contribution in [0.4, 0.5) is 5.69 Å². The highest BCUT2D eigenvalue weighted by Crippen LogP contribution is 2.21. The van der Waals surface area contributed by atoms with Gasteiger partial charge in [0.2, 0.25) is 0 Å². The van der Waals surface area contributed by atoms with E-state index in [4.69, 9.17) is 10.5 Å². The topological polar surface area (TPSA) is 38.5 Å². The first-order chi connectivity index (χ1) is 8.20. The quantitative estimate of drug-likeness (QED) is 0.788. The molecule has 2 N–H and O–H groups in total. The molecule has 17 heavy (non-hydrogen) atoms. The number of para-hydroxylation sites is 1. The second-order valence-electron chi connectivity index (χ2n) is 4.43. The Morgan fingerprint density at radius 2 is 2.06 bits per heavy atom. The third kappa shape index (κ3) is 4.02. The van der Waals surface area contributed by atoms with Crippen molar-refractivity contribution in [2.45, 2.75) is 26.3 Å². The molecule has 0 saturated heterocycles. The van der Waals surface area contributed by atoms with Gasteiger partial charge in [-0.05, 0) is 38.4 Å². The lowest BCUT2D eigenvalue weighted by Gasteiger charge is -2.32. The van der Waals surface area contributed by atoms with Gasteiger partial charge in [0.1, 0.15) is 0 Å². The summed E-state index contributed by atoms with van der Waals surface area (Å²) in [4.78, 5) is 2.38. The molecule has 0 spiro atoms. The van der Waals surface area contributed by atoms with E-state index in [1.165, 1.54) is 11.3 Å². The van der Waals surface area contributed by atoms with Crippen LogP contribution in [0.15, 0.2) is 24.3 Å². The largest absolute Gasteiger partial charge is 0.383 e. The fourth-order valence-corrected chi connectivity index (χ4v) is 2.06. The summed E-state index contributed by atoms with van der Waals surface area (Å²) in [6.07, 6.45) is 1.00. The fraction of sp³-hybridized carbons (Fsp3) is 0.571. The molecule has 1 rings (SSSR count). The number of nitrogens with two attached hydrogens (primary N) is 1. The van der Waals surface area contributed by atoms with Crippen molar-refractivity contribution in [2.75, 3.05) is 31.7 Å². The summed E-state index contributed by atoms with van der Waals surface area (Å²) in [5.74, 6) is 0. The lowest BCUT2D eigenvalue weighted by Crippen LogP contribution is -2.38. The van der Waals surface area contributed by atoms with E-state index in [9.17, 15) is 0 Å². The van der Waals surface area contributed by atoms with Crippen molar-refractivity contribution in [1.82, 2.24) is 0 Å². The van der Waals surface area contributed by atoms with E-state index in [-0.39, 0.29) is 0 Å². The van der Waals surface area contributed by atoms with Gasteiger partial charge in [-0.2, -0.15) is 0 Å². The second kappa shape index (κ2) is 7.30. The Hall–Kier alpha value is -1.06. The average molecular weight is 236 g/mol. The average Bonchev–Trinajstić information content (AvgIpc) is 2.32. The van der Waals surface area contributed by atoms with Gasteiger partial charge >= 0.3 is 0 Å². The molecule has 0 amide bonds. The van der Waals surface area contributed by atoms with Gasteiger partial charge in [0.15, 0.2) is 0 Å². The number of hydrogen-bond acceptors (Lipinski definition) is 3. The smallest absolute Gasteiger partial charge is 0.0663 e. The van der Waals surface area contributed by atoms with Crippen molar-refractivity contribution in [3.8, 4) is 0 Å². The Morgan fingerprint density at radius 3 is 2.65 bits per heavy atom. The monoisotopic (exact) mass is 236 g/mol. The number of benzene rings is 1. The first-order valence-corrected chi connectivity index (χ1v) is 6.22. The Labute approximate surface area is 105 Å². The van der Waals surface area contributed by atoms with Gasteiger partial charge < -0.3 is 15.4 Å². The number of nitrogens with zero attached hydrogens (tertiary/aromatic N) is 1. The number of ether oxygens (including phenoxy) is 1. The van der Waals surface area contributed by atoms with Gasteiger partial charge in [-0.15, -0.1) is 0 Å². The zero-order valence-electron chi connectivity index (χ0n) is 11.1. The molecule has 0 aliphatic carbocycles. The van der Waals surface area contributed by atoms with E-state index in [0.717, 1.165) is 26.1 Å². The van der Waals surface area contributed by atoms with Gasteiger partial charge in [0.05, 0.1) is 6.61 Å². The molecule has 0 saturated carbocycles. The van der Waals surface area contributed by atoms with Crippen LogP contribution in [0.5, 0.6) is 0 Å². The van der Waals surface area contributed by atoms with E-state index in [2.05, 4.69) is 43.0 Å². The zero-order valence-corrected chi connectivity index (χ0v) is 11.1. The molecular formula is C14H24N2O. The summed E-state index contributed by atoms with van der Waals surface area (Å²) in [5, 5.41) is 0. The number of methoxy groups -OCH3 is 1. The zero-order chi connectivity index (χ0) is 12.7. The van der Waals surface area contributed by atoms with Crippen molar-refractivity contribution in [3.05, 3.63) is 29.8 Å². The molecular weight excluding hydrogens is 212 g/mol. The van der Waals surface area contributed by atoms with Gasteiger partial charge in [-0.25, -0.2) is 0 Å². The summed E-state index contributed by atoms with van der Waals surface area (Å²) in [5.41, 5.74) is 8.19. The summed E-state index contributed by atoms with van der Waals surface area (Å²) < 4.78 is 5.25. The third-order valence-electron chi connectivity index (χ3n) is 2.97. The molecule has 0 radical (unpaired) electrons. The molecule has 3 nitrogen and oxygen atoms in total. The van der Waals surface area contributed by atoms with E-state index in [0.29, 0.717) is 6.04 Å².